The first-order chi connectivity index (χ1) is 11.1. The van der Waals surface area contributed by atoms with E-state index in [9.17, 15) is 9.59 Å². The van der Waals surface area contributed by atoms with Crippen molar-refractivity contribution in [3.63, 3.8) is 0 Å². The molecule has 1 saturated heterocycles. The standard InChI is InChI=1S/C17H17N3O3/c21-16(22)9-12-4-3-5-13(8-12)14-10-18-11-15(19-14)17(23)20-6-1-2-7-20/h3-5,8,10-11H,1-2,6-7,9H2,(H,21,22). The second kappa shape index (κ2) is 6.56. The number of aliphatic carboxylic acids is 1. The number of carboxylic acids is 1. The van der Waals surface area contributed by atoms with Gasteiger partial charge in [-0.25, -0.2) is 4.98 Å². The molecule has 3 rings (SSSR count). The van der Waals surface area contributed by atoms with Crippen molar-refractivity contribution in [2.24, 2.45) is 0 Å². The van der Waals surface area contributed by atoms with Crippen LogP contribution < -0.4 is 0 Å². The van der Waals surface area contributed by atoms with Gasteiger partial charge < -0.3 is 10.0 Å². The molecule has 1 fully saturated rings. The molecule has 118 valence electrons. The van der Waals surface area contributed by atoms with Gasteiger partial charge in [0.1, 0.15) is 5.69 Å². The molecule has 0 spiro atoms. The van der Waals surface area contributed by atoms with Crippen LogP contribution in [0.4, 0.5) is 0 Å². The van der Waals surface area contributed by atoms with E-state index >= 15 is 0 Å². The fourth-order valence-electron chi connectivity index (χ4n) is 2.71. The summed E-state index contributed by atoms with van der Waals surface area (Å²) in [6, 6.07) is 7.14. The van der Waals surface area contributed by atoms with Gasteiger partial charge in [-0.15, -0.1) is 0 Å². The Bertz CT molecular complexity index is 739. The van der Waals surface area contributed by atoms with Crippen molar-refractivity contribution < 1.29 is 14.7 Å². The van der Waals surface area contributed by atoms with Gasteiger partial charge >= 0.3 is 5.97 Å². The molecule has 1 aromatic heterocycles. The highest BCUT2D eigenvalue weighted by atomic mass is 16.4. The summed E-state index contributed by atoms with van der Waals surface area (Å²) >= 11 is 0. The lowest BCUT2D eigenvalue weighted by Crippen LogP contribution is -2.28. The van der Waals surface area contributed by atoms with E-state index in [1.54, 1.807) is 29.3 Å². The molecule has 0 atom stereocenters. The molecule has 0 unspecified atom stereocenters. The summed E-state index contributed by atoms with van der Waals surface area (Å²) < 4.78 is 0. The van der Waals surface area contributed by atoms with Crippen molar-refractivity contribution in [1.29, 1.82) is 0 Å². The molecule has 1 aromatic carbocycles. The second-order valence-electron chi connectivity index (χ2n) is 5.56. The van der Waals surface area contributed by atoms with Crippen LogP contribution in [0, 0.1) is 0 Å². The largest absolute Gasteiger partial charge is 0.481 e. The third kappa shape index (κ3) is 3.53. The Kier molecular flexibility index (Phi) is 4.32. The van der Waals surface area contributed by atoms with Crippen LogP contribution in [0.2, 0.25) is 0 Å². The Hall–Kier alpha value is -2.76. The van der Waals surface area contributed by atoms with Gasteiger partial charge in [0.05, 0.1) is 24.5 Å². The molecule has 1 aliphatic heterocycles. The summed E-state index contributed by atoms with van der Waals surface area (Å²) in [5, 5.41) is 8.89. The predicted octanol–water partition coefficient (Wildman–Crippen LogP) is 2.01. The molecule has 2 heterocycles. The summed E-state index contributed by atoms with van der Waals surface area (Å²) in [6.45, 7) is 1.53. The molecule has 2 aromatic rings. The molecule has 6 heteroatoms. The SMILES string of the molecule is O=C(O)Cc1cccc(-c2cncc(C(=O)N3CCCC3)n2)c1. The minimum absolute atomic E-state index is 0.0479. The monoisotopic (exact) mass is 311 g/mol. The van der Waals surface area contributed by atoms with Crippen molar-refractivity contribution in [1.82, 2.24) is 14.9 Å². The van der Waals surface area contributed by atoms with Crippen LogP contribution in [0.5, 0.6) is 0 Å². The number of amides is 1. The smallest absolute Gasteiger partial charge is 0.307 e. The van der Waals surface area contributed by atoms with E-state index in [4.69, 9.17) is 5.11 Å². The third-order valence-corrected chi connectivity index (χ3v) is 3.83. The van der Waals surface area contributed by atoms with Crippen molar-refractivity contribution in [2.75, 3.05) is 13.1 Å². The number of carbonyl (C=O) groups excluding carboxylic acids is 1. The highest BCUT2D eigenvalue weighted by Gasteiger charge is 2.21. The van der Waals surface area contributed by atoms with Gasteiger partial charge in [0.15, 0.2) is 0 Å². The summed E-state index contributed by atoms with van der Waals surface area (Å²) in [6.07, 6.45) is 5.06. The number of hydrogen-bond donors (Lipinski definition) is 1. The molecule has 1 amide bonds. The van der Waals surface area contributed by atoms with Crippen molar-refractivity contribution in [3.8, 4) is 11.3 Å². The van der Waals surface area contributed by atoms with Gasteiger partial charge in [-0.1, -0.05) is 18.2 Å². The van der Waals surface area contributed by atoms with Crippen LogP contribution in [0.15, 0.2) is 36.7 Å². The van der Waals surface area contributed by atoms with Crippen LogP contribution in [-0.4, -0.2) is 44.9 Å². The highest BCUT2D eigenvalue weighted by Crippen LogP contribution is 2.19. The molecule has 0 aliphatic carbocycles. The van der Waals surface area contributed by atoms with E-state index < -0.39 is 5.97 Å². The molecular weight excluding hydrogens is 294 g/mol. The van der Waals surface area contributed by atoms with E-state index in [1.165, 1.54) is 6.20 Å². The molecule has 0 bridgehead atoms. The molecule has 6 nitrogen and oxygen atoms in total. The van der Waals surface area contributed by atoms with Gasteiger partial charge in [-0.3, -0.25) is 14.6 Å². The zero-order valence-corrected chi connectivity index (χ0v) is 12.6. The summed E-state index contributed by atoms with van der Waals surface area (Å²) in [4.78, 5) is 33.5. The lowest BCUT2D eigenvalue weighted by Gasteiger charge is -2.14. The zero-order chi connectivity index (χ0) is 16.2. The van der Waals surface area contributed by atoms with Crippen LogP contribution in [0.25, 0.3) is 11.3 Å². The maximum atomic E-state index is 12.4. The maximum Gasteiger partial charge on any atom is 0.307 e. The van der Waals surface area contributed by atoms with E-state index in [1.807, 2.05) is 6.07 Å². The van der Waals surface area contributed by atoms with E-state index in [0.717, 1.165) is 31.5 Å². The first kappa shape index (κ1) is 15.1. The van der Waals surface area contributed by atoms with Crippen molar-refractivity contribution in [2.45, 2.75) is 19.3 Å². The first-order valence-electron chi connectivity index (χ1n) is 7.56. The lowest BCUT2D eigenvalue weighted by molar-refractivity contribution is -0.136. The van der Waals surface area contributed by atoms with Crippen LogP contribution >= 0.6 is 0 Å². The van der Waals surface area contributed by atoms with Gasteiger partial charge in [0, 0.05) is 18.7 Å². The first-order valence-corrected chi connectivity index (χ1v) is 7.56. The Morgan fingerprint density at radius 2 is 1.96 bits per heavy atom. The minimum Gasteiger partial charge on any atom is -0.481 e. The van der Waals surface area contributed by atoms with Crippen LogP contribution in [0.3, 0.4) is 0 Å². The van der Waals surface area contributed by atoms with Gasteiger partial charge in [0.2, 0.25) is 0 Å². The van der Waals surface area contributed by atoms with Crippen molar-refractivity contribution >= 4 is 11.9 Å². The quantitative estimate of drug-likeness (QED) is 0.933. The number of rotatable bonds is 4. The second-order valence-corrected chi connectivity index (χ2v) is 5.56. The average molecular weight is 311 g/mol. The fourth-order valence-corrected chi connectivity index (χ4v) is 2.71. The lowest BCUT2D eigenvalue weighted by atomic mass is 10.1. The summed E-state index contributed by atoms with van der Waals surface area (Å²) in [5.41, 5.74) is 2.34. The average Bonchev–Trinajstić information content (AvgIpc) is 3.08. The number of likely N-dealkylation sites (tertiary alicyclic amines) is 1. The van der Waals surface area contributed by atoms with Crippen LogP contribution in [-0.2, 0) is 11.2 Å². The van der Waals surface area contributed by atoms with E-state index in [2.05, 4.69) is 9.97 Å². The normalized spacial score (nSPS) is 14.0. The Morgan fingerprint density at radius 3 is 2.70 bits per heavy atom. The van der Waals surface area contributed by atoms with Crippen LogP contribution in [0.1, 0.15) is 28.9 Å². The number of aromatic nitrogens is 2. The van der Waals surface area contributed by atoms with E-state index in [0.29, 0.717) is 17.0 Å². The number of carbonyl (C=O) groups is 2. The molecular formula is C17H17N3O3. The Labute approximate surface area is 133 Å². The Balaban J connectivity index is 1.87. The third-order valence-electron chi connectivity index (χ3n) is 3.83. The van der Waals surface area contributed by atoms with Crippen molar-refractivity contribution in [3.05, 3.63) is 47.9 Å². The minimum atomic E-state index is -0.883. The van der Waals surface area contributed by atoms with Gasteiger partial charge in [0.25, 0.3) is 5.91 Å². The number of benzene rings is 1. The summed E-state index contributed by atoms with van der Waals surface area (Å²) in [5.74, 6) is -0.982. The molecule has 0 saturated carbocycles. The summed E-state index contributed by atoms with van der Waals surface area (Å²) in [7, 11) is 0. The molecule has 0 radical (unpaired) electrons. The number of nitrogens with zero attached hydrogens (tertiary/aromatic N) is 3. The zero-order valence-electron chi connectivity index (χ0n) is 12.6. The van der Waals surface area contributed by atoms with Gasteiger partial charge in [-0.2, -0.15) is 0 Å². The molecule has 1 aliphatic rings. The predicted molar refractivity (Wildman–Crippen MR) is 83.9 cm³/mol. The maximum absolute atomic E-state index is 12.4. The van der Waals surface area contributed by atoms with Gasteiger partial charge in [-0.05, 0) is 24.5 Å². The number of hydrogen-bond acceptors (Lipinski definition) is 4. The topological polar surface area (TPSA) is 83.4 Å². The fraction of sp³-hybridized carbons (Fsp3) is 0.294. The Morgan fingerprint density at radius 1 is 1.17 bits per heavy atom. The molecule has 1 N–H and O–H groups in total. The highest BCUT2D eigenvalue weighted by molar-refractivity contribution is 5.92. The number of carboxylic acid groups (broad SMARTS) is 1. The van der Waals surface area contributed by atoms with E-state index in [-0.39, 0.29) is 12.3 Å². The molecule has 23 heavy (non-hydrogen) atoms.